The van der Waals surface area contributed by atoms with E-state index in [4.69, 9.17) is 29.9 Å². The van der Waals surface area contributed by atoms with Gasteiger partial charge >= 0.3 is 12.4 Å². The molecule has 0 saturated heterocycles. The molecule has 0 saturated carbocycles. The summed E-state index contributed by atoms with van der Waals surface area (Å²) in [5, 5.41) is 4.22. The summed E-state index contributed by atoms with van der Waals surface area (Å²) in [6.45, 7) is 16.8. The Morgan fingerprint density at radius 2 is 0.402 bits per heavy atom. The highest BCUT2D eigenvalue weighted by Crippen LogP contribution is 2.50. The Morgan fingerprint density at radius 1 is 0.174 bits per heavy atom. The molecule has 8 nitrogen and oxygen atoms in total. The molecule has 0 aliphatic heterocycles. The highest BCUT2D eigenvalue weighted by molar-refractivity contribution is 6.14. The van der Waals surface area contributed by atoms with E-state index in [1.807, 2.05) is 146 Å². The Balaban J connectivity index is 0.000000166. The first-order valence-electron chi connectivity index (χ1n) is 43.9. The van der Waals surface area contributed by atoms with Crippen molar-refractivity contribution in [3.8, 4) is 158 Å². The zero-order valence-electron chi connectivity index (χ0n) is 73.6. The zero-order valence-corrected chi connectivity index (χ0v) is 73.6. The monoisotopic (exact) mass is 1730 g/mol. The SMILES string of the molecule is Cc1ccc(-c2cc(-c3nc(-c4ccccc4)nc(-c4ccccc4)n3)cc(-c3ccc(C(F)(F)F)cc3)c2-n2c3ccc(-c4cc(C)cc(C)c4)cc3c3cc(-c4cc(C)cc(C)c4)ccc32)cc1.Cc1ccc(-c2cc(-c3nc(-c4ccccc4)nc(-c4ccccc4)n3)cc(-c3ccc(C(F)(F)F)cc3)c2-n2c3ccccc3c3cc(-c4cc(C)cc(C)c4)ccc32)cc1. The van der Waals surface area contributed by atoms with Gasteiger partial charge in [-0.15, -0.1) is 0 Å². The molecular weight excluding hydrogens is 1640 g/mol. The first-order valence-corrected chi connectivity index (χ1v) is 43.9. The fourth-order valence-corrected chi connectivity index (χ4v) is 18.3. The fraction of sp³-hybridized carbons (Fsp3) is 0.0847. The highest BCUT2D eigenvalue weighted by Gasteiger charge is 2.34. The summed E-state index contributed by atoms with van der Waals surface area (Å²) in [7, 11) is 0. The number of hydrogen-bond acceptors (Lipinski definition) is 6. The number of halogens is 6. The van der Waals surface area contributed by atoms with E-state index in [-0.39, 0.29) is 0 Å². The maximum absolute atomic E-state index is 14.3. The molecule has 0 aliphatic carbocycles. The maximum atomic E-state index is 14.3. The van der Waals surface area contributed by atoms with Crippen molar-refractivity contribution < 1.29 is 26.3 Å². The van der Waals surface area contributed by atoms with Crippen LogP contribution >= 0.6 is 0 Å². The molecule has 0 atom stereocenters. The van der Waals surface area contributed by atoms with Crippen LogP contribution in [0.25, 0.3) is 201 Å². The Labute approximate surface area is 761 Å². The second-order valence-electron chi connectivity index (χ2n) is 34.3. The molecule has 0 spiro atoms. The van der Waals surface area contributed by atoms with Crippen LogP contribution in [0.4, 0.5) is 26.3 Å². The van der Waals surface area contributed by atoms with Crippen molar-refractivity contribution in [2.24, 2.45) is 0 Å². The molecule has 0 amide bonds. The summed E-state index contributed by atoms with van der Waals surface area (Å²) in [4.78, 5) is 30.4. The first kappa shape index (κ1) is 84.1. The largest absolute Gasteiger partial charge is 0.416 e. The molecule has 0 aliphatic rings. The molecule has 17 aromatic carbocycles. The van der Waals surface area contributed by atoms with Crippen molar-refractivity contribution in [1.82, 2.24) is 39.0 Å². The van der Waals surface area contributed by atoms with Crippen LogP contribution in [0.3, 0.4) is 0 Å². The molecule has 21 aromatic rings. The van der Waals surface area contributed by atoms with Gasteiger partial charge in [-0.2, -0.15) is 26.3 Å². The van der Waals surface area contributed by atoms with Crippen LogP contribution in [0, 0.1) is 55.4 Å². The number of alkyl halides is 6. The van der Waals surface area contributed by atoms with E-state index in [1.165, 1.54) is 45.5 Å². The molecule has 0 fully saturated rings. The van der Waals surface area contributed by atoms with E-state index in [0.717, 1.165) is 162 Å². The minimum Gasteiger partial charge on any atom is -0.308 e. The molecule has 0 radical (unpaired) electrons. The van der Waals surface area contributed by atoms with Crippen molar-refractivity contribution in [2.75, 3.05) is 0 Å². The predicted molar refractivity (Wildman–Crippen MR) is 527 cm³/mol. The molecule has 0 unspecified atom stereocenters. The van der Waals surface area contributed by atoms with Crippen LogP contribution in [0.2, 0.25) is 0 Å². The fourth-order valence-electron chi connectivity index (χ4n) is 18.3. The maximum Gasteiger partial charge on any atom is 0.416 e. The molecule has 0 bridgehead atoms. The smallest absolute Gasteiger partial charge is 0.308 e. The number of nitrogens with zero attached hydrogens (tertiary/aromatic N) is 8. The van der Waals surface area contributed by atoms with Gasteiger partial charge in [-0.05, 0) is 202 Å². The van der Waals surface area contributed by atoms with E-state index in [9.17, 15) is 26.3 Å². The van der Waals surface area contributed by atoms with Gasteiger partial charge in [0.15, 0.2) is 34.9 Å². The second-order valence-corrected chi connectivity index (χ2v) is 34.3. The summed E-state index contributed by atoms with van der Waals surface area (Å²) in [6, 6.07) is 123. The van der Waals surface area contributed by atoms with Gasteiger partial charge in [0.1, 0.15) is 0 Å². The Bertz CT molecular complexity index is 7720. The van der Waals surface area contributed by atoms with Crippen LogP contribution in [0.15, 0.2) is 376 Å². The van der Waals surface area contributed by atoms with Crippen LogP contribution in [0.1, 0.15) is 55.6 Å². The molecule has 21 rings (SSSR count). The van der Waals surface area contributed by atoms with E-state index in [0.29, 0.717) is 62.8 Å². The normalized spacial score (nSPS) is 11.7. The molecule has 4 aromatic heterocycles. The lowest BCUT2D eigenvalue weighted by Crippen LogP contribution is -2.05. The van der Waals surface area contributed by atoms with Gasteiger partial charge in [-0.1, -0.05) is 330 Å². The van der Waals surface area contributed by atoms with Gasteiger partial charge < -0.3 is 9.13 Å². The molecular formula is C118H86F6N8. The second kappa shape index (κ2) is 34.5. The molecule has 640 valence electrons. The van der Waals surface area contributed by atoms with Gasteiger partial charge in [0.05, 0.1) is 44.6 Å². The zero-order chi connectivity index (χ0) is 90.8. The molecule has 132 heavy (non-hydrogen) atoms. The number of para-hydroxylation sites is 1. The molecule has 4 heterocycles. The van der Waals surface area contributed by atoms with E-state index in [1.54, 1.807) is 24.3 Å². The Hall–Kier alpha value is -16.1. The Kier molecular flexibility index (Phi) is 22.0. The molecule has 0 N–H and O–H groups in total. The van der Waals surface area contributed by atoms with E-state index >= 15 is 0 Å². The lowest BCUT2D eigenvalue weighted by Gasteiger charge is -2.21. The quantitative estimate of drug-likeness (QED) is 0.0951. The highest BCUT2D eigenvalue weighted by atomic mass is 19.4. The Morgan fingerprint density at radius 3 is 0.674 bits per heavy atom. The minimum atomic E-state index is -4.52. The lowest BCUT2D eigenvalue weighted by atomic mass is 9.91. The number of aryl methyl sites for hydroxylation is 8. The van der Waals surface area contributed by atoms with E-state index in [2.05, 4.69) is 247 Å². The van der Waals surface area contributed by atoms with Crippen molar-refractivity contribution in [3.63, 3.8) is 0 Å². The third-order valence-corrected chi connectivity index (χ3v) is 24.5. The topological polar surface area (TPSA) is 87.2 Å². The standard InChI is InChI=1S/C63H47F3N4.C55H39F3N4/c1-38-16-18-43(19-17-38)53-36-51(62-68-60(45-12-8-6-9-13-45)67-61(69-62)46-14-10-7-11-15-46)37-54(44-20-24-52(25-21-44)63(64,65)66)59(53)70-57-26-22-47(49-30-39(2)28-40(3)31-49)34-55(57)56-35-48(23-27-58(56)70)50-32-41(4)29-42(5)33-50;1-34-18-20-37(21-19-34)46-32-43(54-60-52(39-12-6-4-7-13-39)59-53(61-54)40-14-8-5-9-15-40)33-47(38-22-25-44(26-23-38)55(56,57)58)51(46)62-49-17-11-10-16-45(49)48-31-41(24-27-50(48)62)42-29-35(2)28-36(3)30-42/h6-37H,1-5H3;4-33H,1-3H3. The third-order valence-electron chi connectivity index (χ3n) is 24.5. The number of rotatable bonds is 15. The van der Waals surface area contributed by atoms with Crippen molar-refractivity contribution in [3.05, 3.63) is 432 Å². The average molecular weight is 1730 g/mol. The summed E-state index contributed by atoms with van der Waals surface area (Å²) in [5.74, 6) is 2.89. The van der Waals surface area contributed by atoms with Gasteiger partial charge in [0, 0.05) is 77.2 Å². The lowest BCUT2D eigenvalue weighted by molar-refractivity contribution is -0.138. The van der Waals surface area contributed by atoms with Gasteiger partial charge in [0.2, 0.25) is 0 Å². The molecule has 14 heteroatoms. The number of hydrogen-bond donors (Lipinski definition) is 0. The first-order chi connectivity index (χ1) is 63.9. The van der Waals surface area contributed by atoms with Gasteiger partial charge in [-0.3, -0.25) is 0 Å². The number of aromatic nitrogens is 8. The van der Waals surface area contributed by atoms with Crippen LogP contribution < -0.4 is 0 Å². The van der Waals surface area contributed by atoms with Crippen molar-refractivity contribution >= 4 is 43.6 Å². The van der Waals surface area contributed by atoms with Crippen LogP contribution in [-0.2, 0) is 12.4 Å². The van der Waals surface area contributed by atoms with Crippen molar-refractivity contribution in [1.29, 1.82) is 0 Å². The summed E-state index contributed by atoms with van der Waals surface area (Å²) in [6.07, 6.45) is -9.01. The van der Waals surface area contributed by atoms with Gasteiger partial charge in [0.25, 0.3) is 0 Å². The minimum absolute atomic E-state index is 0.430. The van der Waals surface area contributed by atoms with E-state index < -0.39 is 23.5 Å². The van der Waals surface area contributed by atoms with Crippen LogP contribution in [-0.4, -0.2) is 39.0 Å². The van der Waals surface area contributed by atoms with Gasteiger partial charge in [-0.25, -0.2) is 29.9 Å². The number of fused-ring (bicyclic) bond motifs is 6. The average Bonchev–Trinajstić information content (AvgIpc) is 1.58. The van der Waals surface area contributed by atoms with Crippen molar-refractivity contribution in [2.45, 2.75) is 67.7 Å². The summed E-state index contributed by atoms with van der Waals surface area (Å²) < 4.78 is 89.8. The van der Waals surface area contributed by atoms with Crippen LogP contribution in [0.5, 0.6) is 0 Å². The summed E-state index contributed by atoms with van der Waals surface area (Å²) in [5.41, 5.74) is 30.9. The third kappa shape index (κ3) is 16.8. The predicted octanol–water partition coefficient (Wildman–Crippen LogP) is 32.1. The summed E-state index contributed by atoms with van der Waals surface area (Å²) >= 11 is 0. The number of benzene rings is 17.